The Morgan fingerprint density at radius 3 is 2.65 bits per heavy atom. The van der Waals surface area contributed by atoms with Crippen molar-refractivity contribution in [3.8, 4) is 0 Å². The summed E-state index contributed by atoms with van der Waals surface area (Å²) in [6, 6.07) is 17.1. The van der Waals surface area contributed by atoms with Crippen LogP contribution in [0.15, 0.2) is 71.9 Å². The van der Waals surface area contributed by atoms with Crippen LogP contribution in [-0.2, 0) is 0 Å². The van der Waals surface area contributed by atoms with Crippen LogP contribution in [0, 0.1) is 5.41 Å². The molecule has 0 unspecified atom stereocenters. The van der Waals surface area contributed by atoms with Gasteiger partial charge in [-0.15, -0.1) is 0 Å². The molecular weight excluding hydrogens is 248 g/mol. The molecule has 0 fully saturated rings. The number of rotatable bonds is 5. The molecule has 0 amide bonds. The highest BCUT2D eigenvalue weighted by molar-refractivity contribution is 5.93. The summed E-state index contributed by atoms with van der Waals surface area (Å²) in [6.45, 7) is 0. The first-order valence-electron chi connectivity index (χ1n) is 6.21. The van der Waals surface area contributed by atoms with Gasteiger partial charge < -0.3 is 16.5 Å². The van der Waals surface area contributed by atoms with E-state index in [4.69, 9.17) is 11.1 Å². The zero-order valence-corrected chi connectivity index (χ0v) is 11.0. The number of nitrogens with one attached hydrogen (secondary N) is 2. The molecule has 0 heterocycles. The average Bonchev–Trinajstić information content (AvgIpc) is 2.48. The number of hydrogen-bond donors (Lipinski definition) is 3. The largest absolute Gasteiger partial charge is 0.384 e. The maximum atomic E-state index is 7.20. The number of benzene rings is 2. The zero-order chi connectivity index (χ0) is 14.2. The molecule has 2 rings (SSSR count). The van der Waals surface area contributed by atoms with Crippen molar-refractivity contribution < 1.29 is 0 Å². The van der Waals surface area contributed by atoms with Gasteiger partial charge in [0.2, 0.25) is 0 Å². The second-order valence-electron chi connectivity index (χ2n) is 4.12. The molecule has 0 spiro atoms. The van der Waals surface area contributed by atoms with Crippen LogP contribution in [0.5, 0.6) is 0 Å². The van der Waals surface area contributed by atoms with E-state index in [2.05, 4.69) is 10.3 Å². The van der Waals surface area contributed by atoms with Gasteiger partial charge in [0.25, 0.3) is 0 Å². The summed E-state index contributed by atoms with van der Waals surface area (Å²) in [5.41, 5.74) is 8.34. The molecule has 0 bridgehead atoms. The zero-order valence-electron chi connectivity index (χ0n) is 11.0. The number of aliphatic imine (C=N–C) groups is 1. The molecule has 0 radical (unpaired) electrons. The van der Waals surface area contributed by atoms with Crippen LogP contribution in [0.3, 0.4) is 0 Å². The number of para-hydroxylation sites is 1. The maximum Gasteiger partial charge on any atom is 0.125 e. The third kappa shape index (κ3) is 4.10. The number of nitrogens with two attached hydrogens (primary N) is 1. The van der Waals surface area contributed by atoms with Gasteiger partial charge in [-0.25, -0.2) is 4.99 Å². The first kappa shape index (κ1) is 13.5. The summed E-state index contributed by atoms with van der Waals surface area (Å²) in [4.78, 5) is 4.26. The summed E-state index contributed by atoms with van der Waals surface area (Å²) in [7, 11) is 0. The van der Waals surface area contributed by atoms with Gasteiger partial charge in [0.1, 0.15) is 5.84 Å². The van der Waals surface area contributed by atoms with Crippen LogP contribution in [0.4, 0.5) is 11.4 Å². The molecule has 0 aliphatic rings. The molecule has 0 aliphatic carbocycles. The Kier molecular flexibility index (Phi) is 4.67. The highest BCUT2D eigenvalue weighted by Gasteiger charge is 1.92. The second-order valence-corrected chi connectivity index (χ2v) is 4.12. The SMILES string of the molecule is N=Cc1cccc(N=C(N)/C=C\Nc2ccccc2)c1. The predicted octanol–water partition coefficient (Wildman–Crippen LogP) is 3.30. The minimum absolute atomic E-state index is 0.399. The van der Waals surface area contributed by atoms with Crippen molar-refractivity contribution in [2.75, 3.05) is 5.32 Å². The molecule has 0 atom stereocenters. The Labute approximate surface area is 118 Å². The number of nitrogens with zero attached hydrogens (tertiary/aromatic N) is 1. The maximum absolute atomic E-state index is 7.20. The van der Waals surface area contributed by atoms with Crippen LogP contribution in [-0.4, -0.2) is 12.1 Å². The van der Waals surface area contributed by atoms with Crippen molar-refractivity contribution in [3.05, 3.63) is 72.4 Å². The highest BCUT2D eigenvalue weighted by Crippen LogP contribution is 2.12. The molecule has 2 aromatic rings. The van der Waals surface area contributed by atoms with Crippen molar-refractivity contribution in [2.24, 2.45) is 10.7 Å². The quantitative estimate of drug-likeness (QED) is 0.572. The Hall–Kier alpha value is -2.88. The first-order chi connectivity index (χ1) is 9.78. The predicted molar refractivity (Wildman–Crippen MR) is 84.8 cm³/mol. The molecular formula is C16H16N4. The van der Waals surface area contributed by atoms with E-state index in [1.807, 2.05) is 48.5 Å². The van der Waals surface area contributed by atoms with Crippen molar-refractivity contribution in [1.82, 2.24) is 0 Å². The normalized spacial score (nSPS) is 11.5. The third-order valence-corrected chi connectivity index (χ3v) is 2.57. The molecule has 0 aliphatic heterocycles. The highest BCUT2D eigenvalue weighted by atomic mass is 14.9. The molecule has 100 valence electrons. The summed E-state index contributed by atoms with van der Waals surface area (Å²) in [5.74, 6) is 0.399. The van der Waals surface area contributed by atoms with Crippen LogP contribution in [0.1, 0.15) is 5.56 Å². The van der Waals surface area contributed by atoms with Gasteiger partial charge in [-0.1, -0.05) is 30.3 Å². The number of anilines is 1. The molecule has 4 heteroatoms. The molecule has 0 saturated heterocycles. The van der Waals surface area contributed by atoms with E-state index >= 15 is 0 Å². The van der Waals surface area contributed by atoms with E-state index in [1.54, 1.807) is 18.3 Å². The van der Waals surface area contributed by atoms with Crippen LogP contribution in [0.25, 0.3) is 0 Å². The molecule has 0 aromatic heterocycles. The number of amidine groups is 1. The minimum atomic E-state index is 0.399. The van der Waals surface area contributed by atoms with Gasteiger partial charge in [0.15, 0.2) is 0 Å². The number of hydrogen-bond acceptors (Lipinski definition) is 3. The topological polar surface area (TPSA) is 74.3 Å². The van der Waals surface area contributed by atoms with Crippen molar-refractivity contribution in [2.45, 2.75) is 0 Å². The molecule has 20 heavy (non-hydrogen) atoms. The Morgan fingerprint density at radius 2 is 1.90 bits per heavy atom. The standard InChI is InChI=1S/C16H16N4/c17-12-13-5-4-8-15(11-13)20-16(18)9-10-19-14-6-2-1-3-7-14/h1-12,17,19H,(H2,18,20)/b10-9-,17-12?. The lowest BCUT2D eigenvalue weighted by atomic mass is 10.2. The van der Waals surface area contributed by atoms with E-state index in [0.717, 1.165) is 16.9 Å². The fraction of sp³-hybridized carbons (Fsp3) is 0. The summed E-state index contributed by atoms with van der Waals surface area (Å²) < 4.78 is 0. The summed E-state index contributed by atoms with van der Waals surface area (Å²) in [6.07, 6.45) is 4.72. The second kappa shape index (κ2) is 6.89. The fourth-order valence-electron chi connectivity index (χ4n) is 1.63. The van der Waals surface area contributed by atoms with E-state index < -0.39 is 0 Å². The summed E-state index contributed by atoms with van der Waals surface area (Å²) >= 11 is 0. The minimum Gasteiger partial charge on any atom is -0.384 e. The van der Waals surface area contributed by atoms with Gasteiger partial charge in [-0.2, -0.15) is 0 Å². The monoisotopic (exact) mass is 264 g/mol. The Morgan fingerprint density at radius 1 is 1.10 bits per heavy atom. The van der Waals surface area contributed by atoms with Crippen molar-refractivity contribution >= 4 is 23.4 Å². The van der Waals surface area contributed by atoms with Crippen molar-refractivity contribution in [1.29, 1.82) is 5.41 Å². The molecule has 4 N–H and O–H groups in total. The lowest BCUT2D eigenvalue weighted by molar-refractivity contribution is 1.46. The van der Waals surface area contributed by atoms with Gasteiger partial charge in [-0.05, 0) is 35.9 Å². The lowest BCUT2D eigenvalue weighted by Crippen LogP contribution is -2.07. The van der Waals surface area contributed by atoms with E-state index in [0.29, 0.717) is 5.84 Å². The van der Waals surface area contributed by atoms with Gasteiger partial charge in [0.05, 0.1) is 5.69 Å². The summed E-state index contributed by atoms with van der Waals surface area (Å²) in [5, 5.41) is 10.3. The van der Waals surface area contributed by atoms with Crippen LogP contribution >= 0.6 is 0 Å². The first-order valence-corrected chi connectivity index (χ1v) is 6.21. The van der Waals surface area contributed by atoms with E-state index in [9.17, 15) is 0 Å². The smallest absolute Gasteiger partial charge is 0.125 e. The molecule has 2 aromatic carbocycles. The third-order valence-electron chi connectivity index (χ3n) is 2.57. The Balaban J connectivity index is 2.01. The van der Waals surface area contributed by atoms with E-state index in [1.165, 1.54) is 6.21 Å². The Bertz CT molecular complexity index is 630. The molecule has 0 saturated carbocycles. The van der Waals surface area contributed by atoms with Crippen molar-refractivity contribution in [3.63, 3.8) is 0 Å². The van der Waals surface area contributed by atoms with Crippen LogP contribution in [0.2, 0.25) is 0 Å². The van der Waals surface area contributed by atoms with Gasteiger partial charge in [-0.3, -0.25) is 0 Å². The van der Waals surface area contributed by atoms with E-state index in [-0.39, 0.29) is 0 Å². The lowest BCUT2D eigenvalue weighted by Gasteiger charge is -1.99. The van der Waals surface area contributed by atoms with Gasteiger partial charge >= 0.3 is 0 Å². The van der Waals surface area contributed by atoms with Gasteiger partial charge in [0, 0.05) is 18.1 Å². The average molecular weight is 264 g/mol. The molecule has 4 nitrogen and oxygen atoms in total. The fourth-order valence-corrected chi connectivity index (χ4v) is 1.63. The van der Waals surface area contributed by atoms with Crippen LogP contribution < -0.4 is 11.1 Å².